The predicted octanol–water partition coefficient (Wildman–Crippen LogP) is 5.12. The summed E-state index contributed by atoms with van der Waals surface area (Å²) in [6.45, 7) is 2.28. The summed E-state index contributed by atoms with van der Waals surface area (Å²) in [7, 11) is 0. The van der Waals surface area contributed by atoms with Gasteiger partial charge in [0, 0.05) is 23.1 Å². The first-order valence-corrected chi connectivity index (χ1v) is 9.12. The van der Waals surface area contributed by atoms with Gasteiger partial charge in [0.05, 0.1) is 17.8 Å². The van der Waals surface area contributed by atoms with Gasteiger partial charge in [0.1, 0.15) is 0 Å². The second-order valence-corrected chi connectivity index (χ2v) is 6.44. The molecule has 0 fully saturated rings. The molecule has 0 spiro atoms. The minimum atomic E-state index is -0.592. The maximum Gasteiger partial charge on any atom is 0.255 e. The van der Waals surface area contributed by atoms with Crippen LogP contribution in [-0.4, -0.2) is 17.5 Å². The highest BCUT2D eigenvalue weighted by Gasteiger charge is 2.14. The Balaban J connectivity index is 1.71. The number of benzene rings is 2. The Morgan fingerprint density at radius 3 is 2.89 bits per heavy atom. The number of amides is 1. The summed E-state index contributed by atoms with van der Waals surface area (Å²) < 4.78 is 20.1. The van der Waals surface area contributed by atoms with Crippen molar-refractivity contribution in [2.24, 2.45) is 0 Å². The summed E-state index contributed by atoms with van der Waals surface area (Å²) in [5, 5.41) is 3.46. The highest BCUT2D eigenvalue weighted by atomic mass is 19.1. The Kier molecular flexibility index (Phi) is 6.23. The molecule has 2 aromatic carbocycles. The number of carbonyl (C=O) groups is 1. The van der Waals surface area contributed by atoms with E-state index in [0.29, 0.717) is 18.6 Å². The third-order valence-electron chi connectivity index (χ3n) is 4.28. The van der Waals surface area contributed by atoms with Gasteiger partial charge in [-0.3, -0.25) is 9.78 Å². The summed E-state index contributed by atoms with van der Waals surface area (Å²) in [5.74, 6) is 1.68. The van der Waals surface area contributed by atoms with Crippen molar-refractivity contribution in [3.8, 4) is 18.1 Å². The Hall–Kier alpha value is -3.39. The molecule has 3 rings (SSSR count). The van der Waals surface area contributed by atoms with Gasteiger partial charge in [0.15, 0.2) is 11.6 Å². The number of ether oxygens (including phenoxy) is 1. The molecule has 1 N–H and O–H groups in total. The lowest BCUT2D eigenvalue weighted by atomic mass is 10.1. The number of fused-ring (bicyclic) bond motifs is 1. The zero-order chi connectivity index (χ0) is 19.9. The second kappa shape index (κ2) is 9.01. The van der Waals surface area contributed by atoms with E-state index in [4.69, 9.17) is 11.2 Å². The summed E-state index contributed by atoms with van der Waals surface area (Å²) in [4.78, 5) is 17.0. The largest absolute Gasteiger partial charge is 0.490 e. The molecule has 1 amide bonds. The van der Waals surface area contributed by atoms with E-state index in [1.165, 1.54) is 12.1 Å². The molecule has 0 unspecified atom stereocenters. The van der Waals surface area contributed by atoms with E-state index in [1.807, 2.05) is 19.1 Å². The van der Waals surface area contributed by atoms with E-state index < -0.39 is 11.7 Å². The molecule has 1 heterocycles. The highest BCUT2D eigenvalue weighted by molar-refractivity contribution is 6.06. The van der Waals surface area contributed by atoms with E-state index >= 15 is 0 Å². The van der Waals surface area contributed by atoms with Crippen molar-refractivity contribution >= 4 is 22.5 Å². The average Bonchev–Trinajstić information content (AvgIpc) is 2.70. The topological polar surface area (TPSA) is 51.2 Å². The molecule has 0 atom stereocenters. The average molecular weight is 376 g/mol. The number of anilines is 1. The van der Waals surface area contributed by atoms with Crippen molar-refractivity contribution in [3.63, 3.8) is 0 Å². The van der Waals surface area contributed by atoms with Crippen molar-refractivity contribution in [1.82, 2.24) is 4.98 Å². The molecule has 142 valence electrons. The molecular formula is C23H21FN2O2. The molecule has 0 aliphatic carbocycles. The van der Waals surface area contributed by atoms with Crippen LogP contribution in [0, 0.1) is 25.1 Å². The first-order valence-electron chi connectivity index (χ1n) is 9.12. The van der Waals surface area contributed by atoms with Gasteiger partial charge in [-0.15, -0.1) is 12.3 Å². The Morgan fingerprint density at radius 1 is 1.21 bits per heavy atom. The molecule has 0 bridgehead atoms. The van der Waals surface area contributed by atoms with Gasteiger partial charge in [0.2, 0.25) is 0 Å². The fourth-order valence-electron chi connectivity index (χ4n) is 2.79. The van der Waals surface area contributed by atoms with Crippen LogP contribution < -0.4 is 10.1 Å². The number of carbonyl (C=O) groups excluding carboxylic acids is 1. The number of nitrogens with zero attached hydrogens (tertiary/aromatic N) is 1. The zero-order valence-corrected chi connectivity index (χ0v) is 15.7. The maximum atomic E-state index is 14.6. The van der Waals surface area contributed by atoms with Crippen molar-refractivity contribution in [1.29, 1.82) is 0 Å². The van der Waals surface area contributed by atoms with E-state index in [9.17, 15) is 9.18 Å². The van der Waals surface area contributed by atoms with Crippen LogP contribution in [0.4, 0.5) is 10.1 Å². The van der Waals surface area contributed by atoms with Crippen LogP contribution in [0.15, 0.2) is 48.5 Å². The lowest BCUT2D eigenvalue weighted by Gasteiger charge is -2.11. The van der Waals surface area contributed by atoms with Crippen molar-refractivity contribution in [3.05, 3.63) is 65.6 Å². The normalized spacial score (nSPS) is 10.5. The Bertz CT molecular complexity index is 1040. The van der Waals surface area contributed by atoms with Crippen molar-refractivity contribution in [2.45, 2.75) is 26.2 Å². The number of pyridine rings is 1. The van der Waals surface area contributed by atoms with Gasteiger partial charge < -0.3 is 10.1 Å². The maximum absolute atomic E-state index is 14.6. The number of halogens is 1. The Labute approximate surface area is 163 Å². The lowest BCUT2D eigenvalue weighted by molar-refractivity contribution is 0.102. The lowest BCUT2D eigenvalue weighted by Crippen LogP contribution is -2.13. The molecule has 1 aromatic heterocycles. The third kappa shape index (κ3) is 4.66. The van der Waals surface area contributed by atoms with E-state index in [0.717, 1.165) is 29.4 Å². The SMILES string of the molecule is C#CCCCCOc1cccc(NC(=O)c2ccc3nc(C)ccc3c2)c1F. The molecular weight excluding hydrogens is 355 g/mol. The summed E-state index contributed by atoms with van der Waals surface area (Å²) in [6, 6.07) is 13.7. The monoisotopic (exact) mass is 376 g/mol. The van der Waals surface area contributed by atoms with Crippen LogP contribution in [0.25, 0.3) is 10.9 Å². The molecule has 0 aliphatic rings. The fourth-order valence-corrected chi connectivity index (χ4v) is 2.79. The van der Waals surface area contributed by atoms with Crippen molar-refractivity contribution < 1.29 is 13.9 Å². The molecule has 28 heavy (non-hydrogen) atoms. The highest BCUT2D eigenvalue weighted by Crippen LogP contribution is 2.25. The summed E-state index contributed by atoms with van der Waals surface area (Å²) >= 11 is 0. The Morgan fingerprint density at radius 2 is 2.07 bits per heavy atom. The van der Waals surface area contributed by atoms with Gasteiger partial charge in [-0.05, 0) is 56.2 Å². The molecule has 0 radical (unpaired) electrons. The van der Waals surface area contributed by atoms with E-state index in [2.05, 4.69) is 16.2 Å². The zero-order valence-electron chi connectivity index (χ0n) is 15.7. The number of rotatable bonds is 7. The summed E-state index contributed by atoms with van der Waals surface area (Å²) in [6.07, 6.45) is 7.44. The molecule has 3 aromatic rings. The van der Waals surface area contributed by atoms with Crippen LogP contribution in [0.1, 0.15) is 35.3 Å². The van der Waals surface area contributed by atoms with Crippen LogP contribution in [0.3, 0.4) is 0 Å². The molecule has 0 saturated carbocycles. The van der Waals surface area contributed by atoms with Crippen LogP contribution in [0.5, 0.6) is 5.75 Å². The third-order valence-corrected chi connectivity index (χ3v) is 4.28. The fraction of sp³-hybridized carbons (Fsp3) is 0.217. The molecule has 0 saturated heterocycles. The first-order chi connectivity index (χ1) is 13.6. The number of unbranched alkanes of at least 4 members (excludes halogenated alkanes) is 2. The quantitative estimate of drug-likeness (QED) is 0.460. The number of nitrogens with one attached hydrogen (secondary N) is 1. The number of aryl methyl sites for hydroxylation is 1. The summed E-state index contributed by atoms with van der Waals surface area (Å²) in [5.41, 5.74) is 2.22. The minimum absolute atomic E-state index is 0.0771. The van der Waals surface area contributed by atoms with Gasteiger partial charge in [0.25, 0.3) is 5.91 Å². The first kappa shape index (κ1) is 19.4. The molecule has 5 heteroatoms. The minimum Gasteiger partial charge on any atom is -0.490 e. The van der Waals surface area contributed by atoms with Gasteiger partial charge in [-0.2, -0.15) is 0 Å². The van der Waals surface area contributed by atoms with Gasteiger partial charge in [-0.25, -0.2) is 4.39 Å². The molecule has 4 nitrogen and oxygen atoms in total. The van der Waals surface area contributed by atoms with Crippen LogP contribution >= 0.6 is 0 Å². The van der Waals surface area contributed by atoms with E-state index in [-0.39, 0.29) is 11.4 Å². The number of hydrogen-bond donors (Lipinski definition) is 1. The number of hydrogen-bond acceptors (Lipinski definition) is 3. The van der Waals surface area contributed by atoms with Gasteiger partial charge >= 0.3 is 0 Å². The second-order valence-electron chi connectivity index (χ2n) is 6.44. The van der Waals surface area contributed by atoms with Gasteiger partial charge in [-0.1, -0.05) is 12.1 Å². The predicted molar refractivity (Wildman–Crippen MR) is 109 cm³/mol. The van der Waals surface area contributed by atoms with Crippen molar-refractivity contribution in [2.75, 3.05) is 11.9 Å². The van der Waals surface area contributed by atoms with Crippen LogP contribution in [0.2, 0.25) is 0 Å². The van der Waals surface area contributed by atoms with E-state index in [1.54, 1.807) is 24.3 Å². The number of terminal acetylenes is 1. The molecule has 0 aliphatic heterocycles. The standard InChI is InChI=1S/C23H21FN2O2/c1-3-4-5-6-14-28-21-9-7-8-20(22(21)24)26-23(27)18-12-13-19-17(15-18)11-10-16(2)25-19/h1,7-13,15H,4-6,14H2,2H3,(H,26,27). The number of aromatic nitrogens is 1. The smallest absolute Gasteiger partial charge is 0.255 e. The van der Waals surface area contributed by atoms with Crippen LogP contribution in [-0.2, 0) is 0 Å².